The van der Waals surface area contributed by atoms with Crippen molar-refractivity contribution in [1.82, 2.24) is 5.01 Å². The molecule has 0 saturated carbocycles. The number of hydrogen-bond donors (Lipinski definition) is 0. The van der Waals surface area contributed by atoms with E-state index in [0.29, 0.717) is 54.6 Å². The van der Waals surface area contributed by atoms with Crippen LogP contribution in [0.3, 0.4) is 0 Å². The molecule has 1 heterocycles. The summed E-state index contributed by atoms with van der Waals surface area (Å²) in [5.41, 5.74) is 3.29. The van der Waals surface area contributed by atoms with Crippen molar-refractivity contribution in [1.29, 1.82) is 0 Å². The molecule has 0 aliphatic carbocycles. The van der Waals surface area contributed by atoms with E-state index >= 15 is 0 Å². The number of esters is 1. The molecule has 3 aromatic carbocycles. The van der Waals surface area contributed by atoms with Crippen LogP contribution in [-0.2, 0) is 9.47 Å². The van der Waals surface area contributed by atoms with E-state index in [9.17, 15) is 9.59 Å². The number of carbonyl (C=O) groups is 2. The van der Waals surface area contributed by atoms with Crippen molar-refractivity contribution >= 4 is 29.2 Å². The van der Waals surface area contributed by atoms with Gasteiger partial charge < -0.3 is 9.47 Å². The Bertz CT molecular complexity index is 1110. The first-order chi connectivity index (χ1) is 16.1. The van der Waals surface area contributed by atoms with Crippen molar-refractivity contribution in [2.45, 2.75) is 6.92 Å². The Hall–Kier alpha value is -3.19. The average molecular weight is 465 g/mol. The van der Waals surface area contributed by atoms with E-state index in [1.165, 1.54) is 0 Å². The van der Waals surface area contributed by atoms with E-state index in [4.69, 9.17) is 21.1 Å². The minimum absolute atomic E-state index is 0.149. The number of amides is 1. The molecule has 1 amide bonds. The van der Waals surface area contributed by atoms with E-state index < -0.39 is 0 Å². The number of para-hydroxylation sites is 1. The monoisotopic (exact) mass is 464 g/mol. The summed E-state index contributed by atoms with van der Waals surface area (Å²) in [7, 11) is 0. The van der Waals surface area contributed by atoms with E-state index in [2.05, 4.69) is 0 Å². The first-order valence-corrected chi connectivity index (χ1v) is 11.3. The Morgan fingerprint density at radius 3 is 2.30 bits per heavy atom. The highest BCUT2D eigenvalue weighted by Crippen LogP contribution is 2.31. The van der Waals surface area contributed by atoms with Gasteiger partial charge in [-0.15, -0.1) is 0 Å². The van der Waals surface area contributed by atoms with Crippen LogP contribution in [0.25, 0.3) is 11.1 Å². The summed E-state index contributed by atoms with van der Waals surface area (Å²) in [6.45, 7) is 4.46. The number of ether oxygens (including phenoxy) is 2. The maximum atomic E-state index is 13.7. The predicted molar refractivity (Wildman–Crippen MR) is 128 cm³/mol. The van der Waals surface area contributed by atoms with Gasteiger partial charge in [0, 0.05) is 29.2 Å². The maximum Gasteiger partial charge on any atom is 0.338 e. The van der Waals surface area contributed by atoms with Crippen LogP contribution in [0.4, 0.5) is 5.69 Å². The third kappa shape index (κ3) is 5.25. The molecule has 1 saturated heterocycles. The third-order valence-corrected chi connectivity index (χ3v) is 5.71. The van der Waals surface area contributed by atoms with Gasteiger partial charge in [0.25, 0.3) is 5.91 Å². The fraction of sp³-hybridized carbons (Fsp3) is 0.231. The third-order valence-electron chi connectivity index (χ3n) is 5.38. The normalized spacial score (nSPS) is 14.0. The number of carbonyl (C=O) groups excluding carboxylic acids is 2. The van der Waals surface area contributed by atoms with Crippen molar-refractivity contribution in [3.05, 3.63) is 88.9 Å². The first kappa shape index (κ1) is 23.0. The van der Waals surface area contributed by atoms with Crippen molar-refractivity contribution in [3.8, 4) is 11.1 Å². The first-order valence-electron chi connectivity index (χ1n) is 10.9. The standard InChI is InChI=1S/C26H25ClN2O4/c1-2-33-26(31)20-10-8-19(9-11-20)23-18-21(12-13-24(23)27)25(30)29(22-6-4-3-5-7-22)28-14-16-32-17-15-28/h3-13,18H,2,14-17H2,1H3. The van der Waals surface area contributed by atoms with Gasteiger partial charge in [-0.3, -0.25) is 4.79 Å². The zero-order chi connectivity index (χ0) is 23.2. The fourth-order valence-corrected chi connectivity index (χ4v) is 3.96. The summed E-state index contributed by atoms with van der Waals surface area (Å²) in [4.78, 5) is 25.6. The zero-order valence-electron chi connectivity index (χ0n) is 18.4. The van der Waals surface area contributed by atoms with Crippen LogP contribution >= 0.6 is 11.6 Å². The minimum Gasteiger partial charge on any atom is -0.462 e. The molecule has 0 bridgehead atoms. The number of benzene rings is 3. The van der Waals surface area contributed by atoms with Gasteiger partial charge in [0.15, 0.2) is 0 Å². The molecule has 0 unspecified atom stereocenters. The molecule has 3 aromatic rings. The van der Waals surface area contributed by atoms with E-state index in [1.54, 1.807) is 54.4 Å². The van der Waals surface area contributed by atoms with Crippen LogP contribution in [0.15, 0.2) is 72.8 Å². The quantitative estimate of drug-likeness (QED) is 0.476. The highest BCUT2D eigenvalue weighted by molar-refractivity contribution is 6.33. The molecule has 170 valence electrons. The lowest BCUT2D eigenvalue weighted by Crippen LogP contribution is -2.52. The summed E-state index contributed by atoms with van der Waals surface area (Å²) < 4.78 is 10.5. The summed E-state index contributed by atoms with van der Waals surface area (Å²) in [6.07, 6.45) is 0. The minimum atomic E-state index is -0.372. The Morgan fingerprint density at radius 1 is 0.970 bits per heavy atom. The Labute approximate surface area is 198 Å². The predicted octanol–water partition coefficient (Wildman–Crippen LogP) is 5.08. The van der Waals surface area contributed by atoms with Crippen LogP contribution in [0, 0.1) is 0 Å². The highest BCUT2D eigenvalue weighted by Gasteiger charge is 2.26. The van der Waals surface area contributed by atoms with Gasteiger partial charge >= 0.3 is 5.97 Å². The Kier molecular flexibility index (Phi) is 7.40. The summed E-state index contributed by atoms with van der Waals surface area (Å²) in [5.74, 6) is -0.521. The van der Waals surface area contributed by atoms with Gasteiger partial charge in [0.05, 0.1) is 31.1 Å². The molecule has 1 aliphatic heterocycles. The van der Waals surface area contributed by atoms with Crippen LogP contribution in [0.2, 0.25) is 5.02 Å². The van der Waals surface area contributed by atoms with Crippen molar-refractivity contribution in [2.75, 3.05) is 37.9 Å². The molecule has 7 heteroatoms. The second kappa shape index (κ2) is 10.6. The smallest absolute Gasteiger partial charge is 0.338 e. The SMILES string of the molecule is CCOC(=O)c1ccc(-c2cc(C(=O)N(c3ccccc3)N3CCOCC3)ccc2Cl)cc1. The lowest BCUT2D eigenvalue weighted by molar-refractivity contribution is 0.0300. The number of rotatable bonds is 6. The highest BCUT2D eigenvalue weighted by atomic mass is 35.5. The number of morpholine rings is 1. The van der Waals surface area contributed by atoms with Gasteiger partial charge in [-0.1, -0.05) is 41.9 Å². The molecule has 0 radical (unpaired) electrons. The molecule has 0 atom stereocenters. The molecule has 0 aromatic heterocycles. The maximum absolute atomic E-state index is 13.7. The lowest BCUT2D eigenvalue weighted by atomic mass is 10.0. The molecule has 0 N–H and O–H groups in total. The fourth-order valence-electron chi connectivity index (χ4n) is 3.73. The van der Waals surface area contributed by atoms with Gasteiger partial charge in [-0.2, -0.15) is 0 Å². The average Bonchev–Trinajstić information content (AvgIpc) is 2.86. The summed E-state index contributed by atoms with van der Waals surface area (Å²) in [5, 5.41) is 4.23. The van der Waals surface area contributed by atoms with Crippen LogP contribution < -0.4 is 5.01 Å². The van der Waals surface area contributed by atoms with Crippen LogP contribution in [-0.4, -0.2) is 49.8 Å². The topological polar surface area (TPSA) is 59.1 Å². The number of halogens is 1. The van der Waals surface area contributed by atoms with E-state index in [0.717, 1.165) is 11.3 Å². The number of anilines is 1. The Balaban J connectivity index is 1.66. The van der Waals surface area contributed by atoms with Crippen molar-refractivity contribution in [3.63, 3.8) is 0 Å². The van der Waals surface area contributed by atoms with Gasteiger partial charge in [0.2, 0.25) is 0 Å². The largest absolute Gasteiger partial charge is 0.462 e. The summed E-state index contributed by atoms with van der Waals surface area (Å²) in [6, 6.07) is 21.8. The van der Waals surface area contributed by atoms with E-state index in [-0.39, 0.29) is 11.9 Å². The number of nitrogens with zero attached hydrogens (tertiary/aromatic N) is 2. The molecule has 0 spiro atoms. The van der Waals surface area contributed by atoms with Gasteiger partial charge in [-0.25, -0.2) is 14.8 Å². The molecule has 6 nitrogen and oxygen atoms in total. The lowest BCUT2D eigenvalue weighted by Gasteiger charge is -2.37. The Morgan fingerprint density at radius 2 is 1.64 bits per heavy atom. The van der Waals surface area contributed by atoms with Crippen LogP contribution in [0.1, 0.15) is 27.6 Å². The second-order valence-corrected chi connectivity index (χ2v) is 7.92. The molecule has 1 fully saturated rings. The van der Waals surface area contributed by atoms with Crippen molar-refractivity contribution < 1.29 is 19.1 Å². The molecular formula is C26H25ClN2O4. The molecule has 33 heavy (non-hydrogen) atoms. The second-order valence-electron chi connectivity index (χ2n) is 7.51. The van der Waals surface area contributed by atoms with E-state index in [1.807, 2.05) is 35.3 Å². The van der Waals surface area contributed by atoms with Gasteiger partial charge in [-0.05, 0) is 55.0 Å². The molecular weight excluding hydrogens is 440 g/mol. The molecule has 4 rings (SSSR count). The molecule has 1 aliphatic rings. The number of hydrazine groups is 1. The number of hydrogen-bond acceptors (Lipinski definition) is 5. The van der Waals surface area contributed by atoms with Crippen LogP contribution in [0.5, 0.6) is 0 Å². The van der Waals surface area contributed by atoms with Gasteiger partial charge in [0.1, 0.15) is 0 Å². The zero-order valence-corrected chi connectivity index (χ0v) is 19.1. The van der Waals surface area contributed by atoms with Crippen molar-refractivity contribution in [2.24, 2.45) is 0 Å². The summed E-state index contributed by atoms with van der Waals surface area (Å²) >= 11 is 6.49.